The van der Waals surface area contributed by atoms with Gasteiger partial charge in [-0.25, -0.2) is 0 Å². The Morgan fingerprint density at radius 2 is 2.09 bits per heavy atom. The maximum atomic E-state index is 12.5. The van der Waals surface area contributed by atoms with Gasteiger partial charge >= 0.3 is 0 Å². The number of benzene rings is 1. The SMILES string of the molecule is CC(=O)NC(CC(=O)N1CCOC(C)C1)c1ccc(Cl)cc1. The van der Waals surface area contributed by atoms with Crippen LogP contribution in [0, 0.1) is 0 Å². The van der Waals surface area contributed by atoms with Crippen molar-refractivity contribution < 1.29 is 14.3 Å². The number of nitrogens with one attached hydrogen (secondary N) is 1. The van der Waals surface area contributed by atoms with E-state index in [0.29, 0.717) is 24.7 Å². The molecular weight excluding hydrogens is 304 g/mol. The molecule has 0 bridgehead atoms. The Balaban J connectivity index is 2.07. The van der Waals surface area contributed by atoms with Crippen molar-refractivity contribution in [2.75, 3.05) is 19.7 Å². The summed E-state index contributed by atoms with van der Waals surface area (Å²) < 4.78 is 5.45. The number of ether oxygens (including phenoxy) is 1. The average molecular weight is 325 g/mol. The predicted octanol–water partition coefficient (Wildman–Crippen LogP) is 2.15. The van der Waals surface area contributed by atoms with Crippen LogP contribution < -0.4 is 5.32 Å². The number of carbonyl (C=O) groups excluding carboxylic acids is 2. The van der Waals surface area contributed by atoms with E-state index in [9.17, 15) is 9.59 Å². The van der Waals surface area contributed by atoms with E-state index in [-0.39, 0.29) is 30.4 Å². The lowest BCUT2D eigenvalue weighted by molar-refractivity contribution is -0.138. The Bertz CT molecular complexity index is 533. The first kappa shape index (κ1) is 16.8. The minimum Gasteiger partial charge on any atom is -0.375 e. The van der Waals surface area contributed by atoms with Gasteiger partial charge in [-0.05, 0) is 24.6 Å². The van der Waals surface area contributed by atoms with Crippen molar-refractivity contribution >= 4 is 23.4 Å². The zero-order chi connectivity index (χ0) is 16.1. The van der Waals surface area contributed by atoms with Gasteiger partial charge in [-0.2, -0.15) is 0 Å². The first-order valence-corrected chi connectivity index (χ1v) is 7.75. The highest BCUT2D eigenvalue weighted by molar-refractivity contribution is 6.30. The molecule has 120 valence electrons. The van der Waals surface area contributed by atoms with E-state index in [1.54, 1.807) is 17.0 Å². The maximum absolute atomic E-state index is 12.5. The highest BCUT2D eigenvalue weighted by atomic mass is 35.5. The van der Waals surface area contributed by atoms with Gasteiger partial charge in [0.25, 0.3) is 0 Å². The molecule has 0 aliphatic carbocycles. The highest BCUT2D eigenvalue weighted by Crippen LogP contribution is 2.21. The summed E-state index contributed by atoms with van der Waals surface area (Å²) in [5.41, 5.74) is 0.870. The molecule has 2 amide bonds. The minimum absolute atomic E-state index is 0.0175. The van der Waals surface area contributed by atoms with Gasteiger partial charge in [-0.15, -0.1) is 0 Å². The van der Waals surface area contributed by atoms with Crippen molar-refractivity contribution in [1.29, 1.82) is 0 Å². The summed E-state index contributed by atoms with van der Waals surface area (Å²) in [5.74, 6) is -0.146. The number of rotatable bonds is 4. The average Bonchev–Trinajstić information content (AvgIpc) is 2.47. The van der Waals surface area contributed by atoms with E-state index < -0.39 is 0 Å². The summed E-state index contributed by atoms with van der Waals surface area (Å²) in [7, 11) is 0. The van der Waals surface area contributed by atoms with Crippen LogP contribution in [-0.4, -0.2) is 42.5 Å². The maximum Gasteiger partial charge on any atom is 0.225 e. The number of nitrogens with zero attached hydrogens (tertiary/aromatic N) is 1. The van der Waals surface area contributed by atoms with Crippen molar-refractivity contribution in [3.05, 3.63) is 34.9 Å². The van der Waals surface area contributed by atoms with E-state index in [2.05, 4.69) is 5.32 Å². The van der Waals surface area contributed by atoms with Gasteiger partial charge in [0.2, 0.25) is 11.8 Å². The summed E-state index contributed by atoms with van der Waals surface area (Å²) in [6.07, 6.45) is 0.279. The largest absolute Gasteiger partial charge is 0.375 e. The summed E-state index contributed by atoms with van der Waals surface area (Å²) in [6, 6.07) is 6.83. The van der Waals surface area contributed by atoms with Gasteiger partial charge in [-0.1, -0.05) is 23.7 Å². The number of carbonyl (C=O) groups is 2. The molecule has 1 heterocycles. The van der Waals surface area contributed by atoms with Crippen molar-refractivity contribution in [3.8, 4) is 0 Å². The van der Waals surface area contributed by atoms with Crippen LogP contribution in [0.1, 0.15) is 31.9 Å². The highest BCUT2D eigenvalue weighted by Gasteiger charge is 2.25. The van der Waals surface area contributed by atoms with Crippen molar-refractivity contribution in [2.24, 2.45) is 0 Å². The molecule has 0 saturated carbocycles. The lowest BCUT2D eigenvalue weighted by Crippen LogP contribution is -2.45. The summed E-state index contributed by atoms with van der Waals surface area (Å²) >= 11 is 5.89. The van der Waals surface area contributed by atoms with Gasteiger partial charge < -0.3 is 15.0 Å². The molecule has 1 aliphatic heterocycles. The fraction of sp³-hybridized carbons (Fsp3) is 0.500. The van der Waals surface area contributed by atoms with Crippen molar-refractivity contribution in [3.63, 3.8) is 0 Å². The molecule has 1 aromatic rings. The number of amides is 2. The Morgan fingerprint density at radius 1 is 1.41 bits per heavy atom. The third-order valence-corrected chi connectivity index (χ3v) is 3.87. The fourth-order valence-electron chi connectivity index (χ4n) is 2.54. The van der Waals surface area contributed by atoms with Crippen molar-refractivity contribution in [2.45, 2.75) is 32.4 Å². The third-order valence-electron chi connectivity index (χ3n) is 3.62. The third kappa shape index (κ3) is 4.71. The lowest BCUT2D eigenvalue weighted by atomic mass is 10.0. The summed E-state index contributed by atoms with van der Waals surface area (Å²) in [6.45, 7) is 5.13. The second-order valence-electron chi connectivity index (χ2n) is 5.53. The van der Waals surface area contributed by atoms with E-state index in [1.165, 1.54) is 6.92 Å². The Morgan fingerprint density at radius 3 is 2.68 bits per heavy atom. The zero-order valence-electron chi connectivity index (χ0n) is 12.8. The fourth-order valence-corrected chi connectivity index (χ4v) is 2.67. The molecule has 6 heteroatoms. The molecule has 1 aromatic carbocycles. The standard InChI is InChI=1S/C16H21ClN2O3/c1-11-10-19(7-8-22-11)16(21)9-15(18-12(2)20)13-3-5-14(17)6-4-13/h3-6,11,15H,7-10H2,1-2H3,(H,18,20). The molecule has 0 spiro atoms. The molecule has 2 rings (SSSR count). The monoisotopic (exact) mass is 324 g/mol. The smallest absolute Gasteiger partial charge is 0.225 e. The van der Waals surface area contributed by atoms with Crippen LogP contribution in [0.5, 0.6) is 0 Å². The van der Waals surface area contributed by atoms with Crippen LogP contribution in [-0.2, 0) is 14.3 Å². The van der Waals surface area contributed by atoms with Crippen LogP contribution in [0.15, 0.2) is 24.3 Å². The van der Waals surface area contributed by atoms with Crippen LogP contribution in [0.3, 0.4) is 0 Å². The molecule has 0 aromatic heterocycles. The lowest BCUT2D eigenvalue weighted by Gasteiger charge is -2.32. The second kappa shape index (κ2) is 7.61. The van der Waals surface area contributed by atoms with Gasteiger partial charge in [0.05, 0.1) is 25.2 Å². The topological polar surface area (TPSA) is 58.6 Å². The van der Waals surface area contributed by atoms with Crippen LogP contribution >= 0.6 is 11.6 Å². The predicted molar refractivity (Wildman–Crippen MR) is 84.6 cm³/mol. The van der Waals surface area contributed by atoms with Crippen LogP contribution in [0.25, 0.3) is 0 Å². The molecule has 5 nitrogen and oxygen atoms in total. The summed E-state index contributed by atoms with van der Waals surface area (Å²) in [4.78, 5) is 25.7. The first-order chi connectivity index (χ1) is 10.5. The number of morpholine rings is 1. The van der Waals surface area contributed by atoms with E-state index in [4.69, 9.17) is 16.3 Å². The quantitative estimate of drug-likeness (QED) is 0.923. The Hall–Kier alpha value is -1.59. The number of hydrogen-bond donors (Lipinski definition) is 1. The zero-order valence-corrected chi connectivity index (χ0v) is 13.6. The minimum atomic E-state index is -0.347. The normalized spacial score (nSPS) is 19.6. The Kier molecular flexibility index (Phi) is 5.80. The van der Waals surface area contributed by atoms with E-state index >= 15 is 0 Å². The molecule has 2 atom stereocenters. The molecule has 0 radical (unpaired) electrons. The molecule has 2 unspecified atom stereocenters. The van der Waals surface area contributed by atoms with Crippen LogP contribution in [0.4, 0.5) is 0 Å². The molecule has 1 N–H and O–H groups in total. The first-order valence-electron chi connectivity index (χ1n) is 7.37. The molecule has 22 heavy (non-hydrogen) atoms. The molecule has 1 aliphatic rings. The molecular formula is C16H21ClN2O3. The Labute approximate surface area is 135 Å². The van der Waals surface area contributed by atoms with Gasteiger partial charge in [0.1, 0.15) is 0 Å². The van der Waals surface area contributed by atoms with Gasteiger partial charge in [-0.3, -0.25) is 9.59 Å². The van der Waals surface area contributed by atoms with Crippen LogP contribution in [0.2, 0.25) is 5.02 Å². The number of hydrogen-bond acceptors (Lipinski definition) is 3. The van der Waals surface area contributed by atoms with Gasteiger partial charge in [0, 0.05) is 25.0 Å². The van der Waals surface area contributed by atoms with Gasteiger partial charge in [0.15, 0.2) is 0 Å². The van der Waals surface area contributed by atoms with E-state index in [1.807, 2.05) is 19.1 Å². The molecule has 1 saturated heterocycles. The summed E-state index contributed by atoms with van der Waals surface area (Å²) in [5, 5.41) is 3.46. The van der Waals surface area contributed by atoms with E-state index in [0.717, 1.165) is 5.56 Å². The number of halogens is 1. The molecule has 1 fully saturated rings. The van der Waals surface area contributed by atoms with Crippen molar-refractivity contribution in [1.82, 2.24) is 10.2 Å². The second-order valence-corrected chi connectivity index (χ2v) is 5.97.